The summed E-state index contributed by atoms with van der Waals surface area (Å²) in [7, 11) is 0. The van der Waals surface area contributed by atoms with Gasteiger partial charge in [-0.3, -0.25) is 16.7 Å². The van der Waals surface area contributed by atoms with Crippen LogP contribution < -0.4 is 17.0 Å². The number of nitrogens with one attached hydrogen (secondary N) is 2. The Kier molecular flexibility index (Phi) is 7.60. The van der Waals surface area contributed by atoms with Crippen LogP contribution in [0, 0.1) is 57.7 Å². The van der Waals surface area contributed by atoms with E-state index in [1.807, 2.05) is 0 Å². The van der Waals surface area contributed by atoms with Crippen LogP contribution in [0.25, 0.3) is 0 Å². The van der Waals surface area contributed by atoms with Gasteiger partial charge in [0, 0.05) is 6.54 Å². The topological polar surface area (TPSA) is 87.9 Å². The average molecular weight is 419 g/mol. The van der Waals surface area contributed by atoms with Crippen molar-refractivity contribution in [2.24, 2.45) is 63.8 Å². The van der Waals surface area contributed by atoms with E-state index in [-0.39, 0.29) is 5.84 Å². The first kappa shape index (κ1) is 24.0. The van der Waals surface area contributed by atoms with Gasteiger partial charge in [-0.2, -0.15) is 0 Å². The van der Waals surface area contributed by atoms with E-state index < -0.39 is 0 Å². The predicted molar refractivity (Wildman–Crippen MR) is 128 cm³/mol. The Morgan fingerprint density at radius 1 is 1.03 bits per heavy atom. The SMILES string of the molecule is CC(=N)N.CC[C@H]1CC[C@@]2(C)C(CC[C@H]3[C@@H]4CC[C@H]([C@@H](C)CNN)[C@@]4(C)CC[C@@H]32)C1. The number of amidine groups is 1. The molecule has 0 aliphatic heterocycles. The van der Waals surface area contributed by atoms with Gasteiger partial charge in [0.15, 0.2) is 0 Å². The molecule has 9 atom stereocenters. The second-order valence-electron chi connectivity index (χ2n) is 12.0. The van der Waals surface area contributed by atoms with Crippen molar-refractivity contribution >= 4 is 5.84 Å². The third kappa shape index (κ3) is 4.33. The molecule has 0 heterocycles. The summed E-state index contributed by atoms with van der Waals surface area (Å²) in [5, 5.41) is 6.28. The van der Waals surface area contributed by atoms with Crippen molar-refractivity contribution in [3.05, 3.63) is 0 Å². The summed E-state index contributed by atoms with van der Waals surface area (Å²) in [5.41, 5.74) is 8.91. The number of hydrazine groups is 1. The fourth-order valence-corrected chi connectivity index (χ4v) is 9.02. The normalized spacial score (nSPS) is 45.9. The number of fused-ring (bicyclic) bond motifs is 5. The van der Waals surface area contributed by atoms with Gasteiger partial charge >= 0.3 is 0 Å². The third-order valence-corrected chi connectivity index (χ3v) is 10.6. The number of nitrogens with two attached hydrogens (primary N) is 2. The lowest BCUT2D eigenvalue weighted by Gasteiger charge is -2.61. The van der Waals surface area contributed by atoms with Crippen LogP contribution in [0.15, 0.2) is 0 Å². The highest BCUT2D eigenvalue weighted by molar-refractivity contribution is 5.73. The summed E-state index contributed by atoms with van der Waals surface area (Å²) in [5.74, 6) is 12.5. The van der Waals surface area contributed by atoms with E-state index in [1.165, 1.54) is 64.7 Å². The maximum Gasteiger partial charge on any atom is 0.0873 e. The summed E-state index contributed by atoms with van der Waals surface area (Å²) < 4.78 is 0. The van der Waals surface area contributed by atoms with Crippen molar-refractivity contribution < 1.29 is 0 Å². The van der Waals surface area contributed by atoms with Crippen LogP contribution >= 0.6 is 0 Å². The van der Waals surface area contributed by atoms with Crippen molar-refractivity contribution in [2.75, 3.05) is 6.54 Å². The molecule has 0 aromatic rings. The largest absolute Gasteiger partial charge is 0.388 e. The molecule has 4 heteroatoms. The molecular formula is C26H50N4. The molecule has 0 radical (unpaired) electrons. The molecule has 174 valence electrons. The maximum absolute atomic E-state index is 6.28. The van der Waals surface area contributed by atoms with E-state index in [0.717, 1.165) is 48.0 Å². The zero-order chi connectivity index (χ0) is 22.1. The second-order valence-corrected chi connectivity index (χ2v) is 12.0. The second kappa shape index (κ2) is 9.48. The van der Waals surface area contributed by atoms with E-state index in [1.54, 1.807) is 6.42 Å². The molecule has 4 nitrogen and oxygen atoms in total. The van der Waals surface area contributed by atoms with Crippen LogP contribution in [0.4, 0.5) is 0 Å². The fourth-order valence-electron chi connectivity index (χ4n) is 9.02. The summed E-state index contributed by atoms with van der Waals surface area (Å²) >= 11 is 0. The molecule has 6 N–H and O–H groups in total. The quantitative estimate of drug-likeness (QED) is 0.204. The van der Waals surface area contributed by atoms with Gasteiger partial charge in [0.25, 0.3) is 0 Å². The van der Waals surface area contributed by atoms with Crippen LogP contribution in [0.5, 0.6) is 0 Å². The summed E-state index contributed by atoms with van der Waals surface area (Å²) in [6.07, 6.45) is 15.0. The van der Waals surface area contributed by atoms with Crippen molar-refractivity contribution in [3.63, 3.8) is 0 Å². The Hall–Kier alpha value is -0.610. The molecular weight excluding hydrogens is 368 g/mol. The van der Waals surface area contributed by atoms with Crippen LogP contribution in [0.3, 0.4) is 0 Å². The number of hydrogen-bond donors (Lipinski definition) is 4. The highest BCUT2D eigenvalue weighted by atomic mass is 15.2. The number of rotatable bonds is 4. The fraction of sp³-hybridized carbons (Fsp3) is 0.962. The van der Waals surface area contributed by atoms with Gasteiger partial charge in [-0.05, 0) is 117 Å². The Bertz CT molecular complexity index is 588. The standard InChI is InChI=1S/C24H44N2.C2H6N2/c1-5-17-10-12-23(3)18(14-17)6-7-19-21-9-8-20(16(2)15-26-25)24(21,4)13-11-22(19)23;1-2(3)4/h16-22,26H,5-15,25H2,1-4H3;1H3,(H3,3,4)/t16-,17-,18?,19-,20+,21-,22-,23-,24+;/m0./s1. The van der Waals surface area contributed by atoms with Crippen molar-refractivity contribution in [2.45, 2.75) is 98.8 Å². The minimum Gasteiger partial charge on any atom is -0.388 e. The molecule has 0 saturated heterocycles. The van der Waals surface area contributed by atoms with Gasteiger partial charge in [0.1, 0.15) is 0 Å². The highest BCUT2D eigenvalue weighted by Gasteiger charge is 2.60. The van der Waals surface area contributed by atoms with E-state index in [9.17, 15) is 0 Å². The molecule has 0 aromatic carbocycles. The molecule has 0 amide bonds. The minimum atomic E-state index is 0.167. The number of hydrogen-bond acceptors (Lipinski definition) is 3. The molecule has 0 aromatic heterocycles. The van der Waals surface area contributed by atoms with Gasteiger partial charge in [-0.1, -0.05) is 34.1 Å². The van der Waals surface area contributed by atoms with Crippen molar-refractivity contribution in [1.82, 2.24) is 5.43 Å². The Balaban J connectivity index is 0.000000589. The van der Waals surface area contributed by atoms with Gasteiger partial charge < -0.3 is 5.73 Å². The smallest absolute Gasteiger partial charge is 0.0873 e. The summed E-state index contributed by atoms with van der Waals surface area (Å²) in [6.45, 7) is 12.8. The minimum absolute atomic E-state index is 0.167. The van der Waals surface area contributed by atoms with E-state index >= 15 is 0 Å². The van der Waals surface area contributed by atoms with Gasteiger partial charge in [-0.25, -0.2) is 0 Å². The lowest BCUT2D eigenvalue weighted by Crippen LogP contribution is -2.54. The Labute approximate surface area is 186 Å². The molecule has 4 fully saturated rings. The highest BCUT2D eigenvalue weighted by Crippen LogP contribution is 2.68. The van der Waals surface area contributed by atoms with Crippen molar-refractivity contribution in [3.8, 4) is 0 Å². The average Bonchev–Trinajstić information content (AvgIpc) is 3.04. The monoisotopic (exact) mass is 418 g/mol. The zero-order valence-electron chi connectivity index (χ0n) is 20.5. The van der Waals surface area contributed by atoms with Gasteiger partial charge in [-0.15, -0.1) is 0 Å². The molecule has 4 aliphatic rings. The lowest BCUT2D eigenvalue weighted by atomic mass is 9.44. The first-order valence-electron chi connectivity index (χ1n) is 12.9. The maximum atomic E-state index is 6.28. The molecule has 4 rings (SSSR count). The Morgan fingerprint density at radius 2 is 1.67 bits per heavy atom. The lowest BCUT2D eigenvalue weighted by molar-refractivity contribution is -0.121. The van der Waals surface area contributed by atoms with Crippen LogP contribution in [-0.2, 0) is 0 Å². The molecule has 1 unspecified atom stereocenters. The third-order valence-electron chi connectivity index (χ3n) is 10.6. The van der Waals surface area contributed by atoms with Gasteiger partial charge in [0.2, 0.25) is 0 Å². The molecule has 0 spiro atoms. The van der Waals surface area contributed by atoms with E-state index in [0.29, 0.717) is 10.8 Å². The molecule has 4 saturated carbocycles. The summed E-state index contributed by atoms with van der Waals surface area (Å²) in [4.78, 5) is 0. The molecule has 0 bridgehead atoms. The van der Waals surface area contributed by atoms with Crippen molar-refractivity contribution in [1.29, 1.82) is 5.41 Å². The van der Waals surface area contributed by atoms with Crippen LogP contribution in [0.1, 0.15) is 98.8 Å². The van der Waals surface area contributed by atoms with Gasteiger partial charge in [0.05, 0.1) is 5.84 Å². The van der Waals surface area contributed by atoms with Crippen LogP contribution in [0.2, 0.25) is 0 Å². The zero-order valence-corrected chi connectivity index (χ0v) is 20.5. The van der Waals surface area contributed by atoms with Crippen LogP contribution in [-0.4, -0.2) is 12.4 Å². The van der Waals surface area contributed by atoms with E-state index in [2.05, 4.69) is 33.1 Å². The summed E-state index contributed by atoms with van der Waals surface area (Å²) in [6, 6.07) is 0. The molecule has 4 aliphatic carbocycles. The van der Waals surface area contributed by atoms with E-state index in [4.69, 9.17) is 17.0 Å². The first-order chi connectivity index (χ1) is 14.2. The predicted octanol–water partition coefficient (Wildman–Crippen LogP) is 5.71. The molecule has 30 heavy (non-hydrogen) atoms. The first-order valence-corrected chi connectivity index (χ1v) is 12.9. The Morgan fingerprint density at radius 3 is 2.30 bits per heavy atom.